The molecule has 0 bridgehead atoms. The third kappa shape index (κ3) is 4.47. The number of benzene rings is 1. The van der Waals surface area contributed by atoms with Crippen molar-refractivity contribution in [1.82, 2.24) is 10.6 Å². The molecule has 0 aliphatic heterocycles. The molecule has 1 rings (SSSR count). The molecule has 1 aromatic carbocycles. The third-order valence-electron chi connectivity index (χ3n) is 1.89. The lowest BCUT2D eigenvalue weighted by atomic mass is 10.2. The fraction of sp³-hybridized carbons (Fsp3) is 0.333. The highest BCUT2D eigenvalue weighted by Crippen LogP contribution is 1.96. The first-order valence-electron chi connectivity index (χ1n) is 5.23. The Morgan fingerprint density at radius 1 is 1.38 bits per heavy atom. The van der Waals surface area contributed by atoms with Gasteiger partial charge in [0.2, 0.25) is 12.2 Å². The molecule has 0 fully saturated rings. The Balaban J connectivity index is 2.52. The number of nitrogens with zero attached hydrogens (tertiary/aromatic N) is 2. The average Bonchev–Trinajstić information content (AvgIpc) is 2.27. The molecular weight excluding hydrogens is 200 g/mol. The summed E-state index contributed by atoms with van der Waals surface area (Å²) < 4.78 is 0. The molecule has 0 unspecified atom stereocenters. The number of rotatable bonds is 3. The Labute approximate surface area is 96.0 Å². The maximum Gasteiger partial charge on any atom is 0.209 e. The standard InChI is InChI=1S/C12H16N4/c1-10(2)16-12(15-9-13)14-8-11-6-4-3-5-7-11/h3-7,10H,8H2,1-2H3,(H2,14,15,16). The minimum atomic E-state index is 0.246. The van der Waals surface area contributed by atoms with Crippen molar-refractivity contribution in [3.63, 3.8) is 0 Å². The summed E-state index contributed by atoms with van der Waals surface area (Å²) in [4.78, 5) is 3.68. The van der Waals surface area contributed by atoms with E-state index >= 15 is 0 Å². The maximum absolute atomic E-state index is 8.53. The summed E-state index contributed by atoms with van der Waals surface area (Å²) in [6.45, 7) is 4.65. The topological polar surface area (TPSA) is 60.2 Å². The van der Waals surface area contributed by atoms with Gasteiger partial charge in [0.15, 0.2) is 0 Å². The highest BCUT2D eigenvalue weighted by Gasteiger charge is 2.00. The van der Waals surface area contributed by atoms with Gasteiger partial charge in [0.05, 0.1) is 0 Å². The molecule has 2 N–H and O–H groups in total. The Morgan fingerprint density at radius 2 is 2.06 bits per heavy atom. The van der Waals surface area contributed by atoms with Gasteiger partial charge in [-0.15, -0.1) is 4.99 Å². The second kappa shape index (κ2) is 6.46. The third-order valence-corrected chi connectivity index (χ3v) is 1.89. The normalized spacial score (nSPS) is 11.0. The molecular formula is C12H16N4. The molecule has 4 heteroatoms. The van der Waals surface area contributed by atoms with Gasteiger partial charge < -0.3 is 10.6 Å². The number of nitrogens with one attached hydrogen (secondary N) is 2. The van der Waals surface area contributed by atoms with Crippen molar-refractivity contribution in [2.45, 2.75) is 26.4 Å². The van der Waals surface area contributed by atoms with Crippen LogP contribution in [0.3, 0.4) is 0 Å². The van der Waals surface area contributed by atoms with Crippen LogP contribution in [0.2, 0.25) is 0 Å². The minimum Gasteiger partial charge on any atom is -0.353 e. The predicted octanol–water partition coefficient (Wildman–Crippen LogP) is 1.61. The first-order valence-corrected chi connectivity index (χ1v) is 5.23. The van der Waals surface area contributed by atoms with E-state index in [-0.39, 0.29) is 6.04 Å². The molecule has 0 aliphatic carbocycles. The second-order valence-electron chi connectivity index (χ2n) is 3.70. The van der Waals surface area contributed by atoms with Gasteiger partial charge in [0, 0.05) is 12.6 Å². The van der Waals surface area contributed by atoms with E-state index in [1.165, 1.54) is 0 Å². The lowest BCUT2D eigenvalue weighted by Crippen LogP contribution is -2.40. The molecule has 1 aromatic rings. The molecule has 4 nitrogen and oxygen atoms in total. The largest absolute Gasteiger partial charge is 0.353 e. The Kier molecular flexibility index (Phi) is 4.87. The van der Waals surface area contributed by atoms with Crippen molar-refractivity contribution in [2.24, 2.45) is 4.99 Å². The Hall–Kier alpha value is -2.02. The molecule has 0 aliphatic rings. The summed E-state index contributed by atoms with van der Waals surface area (Å²) in [7, 11) is 0. The smallest absolute Gasteiger partial charge is 0.209 e. The van der Waals surface area contributed by atoms with Gasteiger partial charge in [-0.3, -0.25) is 0 Å². The van der Waals surface area contributed by atoms with Crippen LogP contribution in [0.5, 0.6) is 0 Å². The number of hydrogen-bond donors (Lipinski definition) is 2. The van der Waals surface area contributed by atoms with Crippen LogP contribution in [0.25, 0.3) is 0 Å². The number of aliphatic imine (C=N–C) groups is 1. The van der Waals surface area contributed by atoms with Crippen LogP contribution in [-0.4, -0.2) is 12.0 Å². The van der Waals surface area contributed by atoms with Crippen LogP contribution in [0.15, 0.2) is 35.3 Å². The molecule has 16 heavy (non-hydrogen) atoms. The fourth-order valence-electron chi connectivity index (χ4n) is 1.23. The van der Waals surface area contributed by atoms with E-state index in [1.54, 1.807) is 6.19 Å². The van der Waals surface area contributed by atoms with Gasteiger partial charge in [0.1, 0.15) is 0 Å². The lowest BCUT2D eigenvalue weighted by molar-refractivity contribution is 0.701. The summed E-state index contributed by atoms with van der Waals surface area (Å²) in [6, 6.07) is 10.2. The SMILES string of the molecule is CC(C)N/C(=N/C#N)NCc1ccccc1. The van der Waals surface area contributed by atoms with Crippen LogP contribution >= 0.6 is 0 Å². The van der Waals surface area contributed by atoms with Crippen LogP contribution < -0.4 is 10.6 Å². The zero-order chi connectivity index (χ0) is 11.8. The van der Waals surface area contributed by atoms with Crippen molar-refractivity contribution in [3.05, 3.63) is 35.9 Å². The summed E-state index contributed by atoms with van der Waals surface area (Å²) in [5, 5.41) is 14.7. The monoisotopic (exact) mass is 216 g/mol. The highest BCUT2D eigenvalue weighted by atomic mass is 15.2. The minimum absolute atomic E-state index is 0.246. The van der Waals surface area contributed by atoms with Gasteiger partial charge in [-0.1, -0.05) is 30.3 Å². The average molecular weight is 216 g/mol. The van der Waals surface area contributed by atoms with E-state index in [9.17, 15) is 0 Å². The highest BCUT2D eigenvalue weighted by molar-refractivity contribution is 5.80. The first-order chi connectivity index (χ1) is 7.72. The molecule has 84 valence electrons. The van der Waals surface area contributed by atoms with E-state index in [1.807, 2.05) is 44.2 Å². The van der Waals surface area contributed by atoms with Gasteiger partial charge in [-0.2, -0.15) is 5.26 Å². The molecule has 0 saturated heterocycles. The molecule has 0 aromatic heterocycles. The lowest BCUT2D eigenvalue weighted by Gasteiger charge is -2.13. The van der Waals surface area contributed by atoms with Crippen molar-refractivity contribution in [2.75, 3.05) is 0 Å². The maximum atomic E-state index is 8.53. The van der Waals surface area contributed by atoms with Crippen molar-refractivity contribution in [1.29, 1.82) is 5.26 Å². The van der Waals surface area contributed by atoms with E-state index in [0.29, 0.717) is 12.5 Å². The van der Waals surface area contributed by atoms with Crippen molar-refractivity contribution in [3.8, 4) is 6.19 Å². The van der Waals surface area contributed by atoms with Crippen LogP contribution in [-0.2, 0) is 6.54 Å². The number of nitriles is 1. The summed E-state index contributed by atoms with van der Waals surface area (Å²) in [5.74, 6) is 0.515. The second-order valence-corrected chi connectivity index (χ2v) is 3.70. The van der Waals surface area contributed by atoms with E-state index in [2.05, 4.69) is 15.6 Å². The summed E-state index contributed by atoms with van der Waals surface area (Å²) in [5.41, 5.74) is 1.15. The summed E-state index contributed by atoms with van der Waals surface area (Å²) >= 11 is 0. The van der Waals surface area contributed by atoms with E-state index in [4.69, 9.17) is 5.26 Å². The van der Waals surface area contributed by atoms with Gasteiger partial charge in [-0.25, -0.2) is 0 Å². The van der Waals surface area contributed by atoms with Crippen LogP contribution in [0.4, 0.5) is 0 Å². The Morgan fingerprint density at radius 3 is 2.62 bits per heavy atom. The van der Waals surface area contributed by atoms with Gasteiger partial charge in [-0.05, 0) is 19.4 Å². The fourth-order valence-corrected chi connectivity index (χ4v) is 1.23. The number of hydrogen-bond acceptors (Lipinski definition) is 2. The van der Waals surface area contributed by atoms with Crippen LogP contribution in [0, 0.1) is 11.5 Å². The van der Waals surface area contributed by atoms with Gasteiger partial charge in [0.25, 0.3) is 0 Å². The molecule has 0 atom stereocenters. The van der Waals surface area contributed by atoms with Crippen molar-refractivity contribution >= 4 is 5.96 Å². The molecule has 0 heterocycles. The molecule has 0 spiro atoms. The van der Waals surface area contributed by atoms with Crippen LogP contribution in [0.1, 0.15) is 19.4 Å². The molecule has 0 amide bonds. The van der Waals surface area contributed by atoms with E-state index in [0.717, 1.165) is 5.56 Å². The van der Waals surface area contributed by atoms with Gasteiger partial charge >= 0.3 is 0 Å². The van der Waals surface area contributed by atoms with Crippen molar-refractivity contribution < 1.29 is 0 Å². The zero-order valence-electron chi connectivity index (χ0n) is 9.57. The first kappa shape index (κ1) is 12.1. The molecule has 0 saturated carbocycles. The number of guanidine groups is 1. The Bertz CT molecular complexity index is 376. The molecule has 0 radical (unpaired) electrons. The van der Waals surface area contributed by atoms with E-state index < -0.39 is 0 Å². The summed E-state index contributed by atoms with van der Waals surface area (Å²) in [6.07, 6.45) is 1.77. The quantitative estimate of drug-likeness (QED) is 0.458. The zero-order valence-corrected chi connectivity index (χ0v) is 9.57. The predicted molar refractivity (Wildman–Crippen MR) is 64.6 cm³/mol.